The summed E-state index contributed by atoms with van der Waals surface area (Å²) in [6, 6.07) is 13.5. The van der Waals surface area contributed by atoms with E-state index in [4.69, 9.17) is 9.47 Å². The van der Waals surface area contributed by atoms with Crippen LogP contribution in [0.3, 0.4) is 0 Å². The first kappa shape index (κ1) is 25.4. The number of para-hydroxylation sites is 1. The Kier molecular flexibility index (Phi) is 8.02. The summed E-state index contributed by atoms with van der Waals surface area (Å²) in [6.45, 7) is 4.76. The molecule has 1 fully saturated rings. The lowest BCUT2D eigenvalue weighted by molar-refractivity contribution is 0.0621. The number of carbonyl (C=O) groups excluding carboxylic acids is 1. The van der Waals surface area contributed by atoms with Gasteiger partial charge in [-0.15, -0.1) is 0 Å². The Labute approximate surface area is 209 Å². The molecule has 2 N–H and O–H groups in total. The van der Waals surface area contributed by atoms with Crippen molar-refractivity contribution in [2.45, 2.75) is 20.1 Å². The lowest BCUT2D eigenvalue weighted by atomic mass is 9.98. The van der Waals surface area contributed by atoms with Gasteiger partial charge in [0.1, 0.15) is 22.9 Å². The summed E-state index contributed by atoms with van der Waals surface area (Å²) in [4.78, 5) is 21.4. The van der Waals surface area contributed by atoms with Gasteiger partial charge in [-0.3, -0.25) is 9.69 Å². The lowest BCUT2D eigenvalue weighted by Crippen LogP contribution is -2.48. The van der Waals surface area contributed by atoms with Crippen LogP contribution >= 0.6 is 0 Å². The average molecular weight is 496 g/mol. The van der Waals surface area contributed by atoms with Crippen LogP contribution in [0, 0.1) is 5.82 Å². The first-order valence-corrected chi connectivity index (χ1v) is 11.8. The van der Waals surface area contributed by atoms with E-state index in [1.165, 1.54) is 19.2 Å². The van der Waals surface area contributed by atoms with Gasteiger partial charge < -0.3 is 24.6 Å². The molecule has 1 amide bonds. The van der Waals surface area contributed by atoms with E-state index >= 15 is 0 Å². The van der Waals surface area contributed by atoms with Crippen LogP contribution < -0.4 is 4.74 Å². The van der Waals surface area contributed by atoms with Crippen LogP contribution in [0.15, 0.2) is 48.5 Å². The van der Waals surface area contributed by atoms with Gasteiger partial charge in [-0.05, 0) is 30.7 Å². The number of carbonyl (C=O) groups is 1. The summed E-state index contributed by atoms with van der Waals surface area (Å²) >= 11 is 0. The number of methoxy groups -OCH3 is 1. The van der Waals surface area contributed by atoms with E-state index in [-0.39, 0.29) is 29.3 Å². The van der Waals surface area contributed by atoms with Crippen LogP contribution in [0.4, 0.5) is 4.39 Å². The molecule has 0 spiro atoms. The average Bonchev–Trinajstić information content (AvgIpc) is 2.87. The third kappa shape index (κ3) is 5.42. The third-order valence-electron chi connectivity index (χ3n) is 6.21. The predicted octanol–water partition coefficient (Wildman–Crippen LogP) is 3.80. The molecule has 2 aromatic carbocycles. The van der Waals surface area contributed by atoms with Gasteiger partial charge in [-0.2, -0.15) is 0 Å². The molecule has 0 bridgehead atoms. The van der Waals surface area contributed by atoms with Crippen molar-refractivity contribution in [3.8, 4) is 28.5 Å². The molecule has 0 aliphatic carbocycles. The standard InChI is InChI=1S/C27H30FN3O5/c1-3-36-17-21-23(20-9-4-5-10-22(20)35-2)25(32)24(26(33)29-21)27(34)31-13-11-30(12-14-31)16-18-7-6-8-19(28)15-18/h4-10,15H,3,11-14,16-17H2,1-2H3,(H2,29,32,33). The molecule has 190 valence electrons. The Hall–Kier alpha value is -3.69. The number of pyridine rings is 1. The molecule has 2 heterocycles. The Bertz CT molecular complexity index is 1230. The highest BCUT2D eigenvalue weighted by atomic mass is 19.1. The maximum absolute atomic E-state index is 13.5. The first-order chi connectivity index (χ1) is 17.4. The number of aromatic nitrogens is 1. The molecule has 9 heteroatoms. The second-order valence-electron chi connectivity index (χ2n) is 8.52. The number of amides is 1. The van der Waals surface area contributed by atoms with E-state index in [1.54, 1.807) is 35.2 Å². The van der Waals surface area contributed by atoms with Crippen LogP contribution in [-0.2, 0) is 17.9 Å². The second kappa shape index (κ2) is 11.4. The number of rotatable bonds is 8. The summed E-state index contributed by atoms with van der Waals surface area (Å²) in [5, 5.41) is 22.0. The number of aromatic hydroxyl groups is 2. The van der Waals surface area contributed by atoms with Crippen LogP contribution in [0.5, 0.6) is 17.4 Å². The summed E-state index contributed by atoms with van der Waals surface area (Å²) in [6.07, 6.45) is 0. The minimum atomic E-state index is -0.548. The Morgan fingerprint density at radius 1 is 1.08 bits per heavy atom. The number of piperazine rings is 1. The molecule has 1 aromatic heterocycles. The molecule has 0 radical (unpaired) electrons. The van der Waals surface area contributed by atoms with Gasteiger partial charge in [0.05, 0.1) is 25.0 Å². The maximum Gasteiger partial charge on any atom is 0.263 e. The van der Waals surface area contributed by atoms with Gasteiger partial charge in [0.2, 0.25) is 5.88 Å². The van der Waals surface area contributed by atoms with Gasteiger partial charge >= 0.3 is 0 Å². The van der Waals surface area contributed by atoms with E-state index in [1.807, 2.05) is 13.0 Å². The van der Waals surface area contributed by atoms with Crippen molar-refractivity contribution in [2.24, 2.45) is 0 Å². The van der Waals surface area contributed by atoms with Crippen molar-refractivity contribution in [1.29, 1.82) is 0 Å². The number of benzene rings is 2. The number of ether oxygens (including phenoxy) is 2. The number of nitrogens with zero attached hydrogens (tertiary/aromatic N) is 3. The fourth-order valence-corrected chi connectivity index (χ4v) is 4.40. The fourth-order valence-electron chi connectivity index (χ4n) is 4.40. The van der Waals surface area contributed by atoms with Gasteiger partial charge in [0.15, 0.2) is 0 Å². The maximum atomic E-state index is 13.5. The number of halogens is 1. The van der Waals surface area contributed by atoms with E-state index in [9.17, 15) is 19.4 Å². The van der Waals surface area contributed by atoms with Crippen molar-refractivity contribution in [1.82, 2.24) is 14.8 Å². The molecule has 0 atom stereocenters. The first-order valence-electron chi connectivity index (χ1n) is 11.8. The zero-order chi connectivity index (χ0) is 25.7. The Morgan fingerprint density at radius 2 is 1.83 bits per heavy atom. The van der Waals surface area contributed by atoms with Gasteiger partial charge in [0.25, 0.3) is 5.91 Å². The van der Waals surface area contributed by atoms with E-state index in [2.05, 4.69) is 9.88 Å². The smallest absolute Gasteiger partial charge is 0.263 e. The van der Waals surface area contributed by atoms with E-state index in [0.29, 0.717) is 56.3 Å². The largest absolute Gasteiger partial charge is 0.506 e. The summed E-state index contributed by atoms with van der Waals surface area (Å²) < 4.78 is 24.5. The van der Waals surface area contributed by atoms with E-state index < -0.39 is 11.8 Å². The summed E-state index contributed by atoms with van der Waals surface area (Å²) in [5.74, 6) is -1.22. The zero-order valence-corrected chi connectivity index (χ0v) is 20.4. The van der Waals surface area contributed by atoms with Crippen LogP contribution in [0.1, 0.15) is 28.5 Å². The monoisotopic (exact) mass is 495 g/mol. The topological polar surface area (TPSA) is 95.4 Å². The molecule has 1 saturated heterocycles. The SMILES string of the molecule is CCOCc1nc(O)c(C(=O)N2CCN(Cc3cccc(F)c3)CC2)c(O)c1-c1ccccc1OC. The molecule has 36 heavy (non-hydrogen) atoms. The second-order valence-corrected chi connectivity index (χ2v) is 8.52. The van der Waals surface area contributed by atoms with Crippen molar-refractivity contribution >= 4 is 5.91 Å². The van der Waals surface area contributed by atoms with Gasteiger partial charge in [-0.1, -0.05) is 30.3 Å². The molecule has 1 aliphatic rings. The summed E-state index contributed by atoms with van der Waals surface area (Å²) in [7, 11) is 1.52. The minimum Gasteiger partial charge on any atom is -0.506 e. The molecular formula is C27H30FN3O5. The molecule has 4 rings (SSSR count). The third-order valence-corrected chi connectivity index (χ3v) is 6.21. The molecule has 0 unspecified atom stereocenters. The highest BCUT2D eigenvalue weighted by Gasteiger charge is 2.31. The van der Waals surface area contributed by atoms with Crippen LogP contribution in [0.2, 0.25) is 0 Å². The van der Waals surface area contributed by atoms with E-state index in [0.717, 1.165) is 5.56 Å². The molecule has 3 aromatic rings. The van der Waals surface area contributed by atoms with Gasteiger partial charge in [-0.25, -0.2) is 9.37 Å². The summed E-state index contributed by atoms with van der Waals surface area (Å²) in [5.41, 5.74) is 1.73. The Morgan fingerprint density at radius 3 is 2.53 bits per heavy atom. The Balaban J connectivity index is 1.60. The lowest BCUT2D eigenvalue weighted by Gasteiger charge is -2.35. The fraction of sp³-hybridized carbons (Fsp3) is 0.333. The number of hydrogen-bond acceptors (Lipinski definition) is 7. The quantitative estimate of drug-likeness (QED) is 0.491. The molecule has 8 nitrogen and oxygen atoms in total. The van der Waals surface area contributed by atoms with Crippen LogP contribution in [-0.4, -0.2) is 70.8 Å². The number of hydrogen-bond donors (Lipinski definition) is 2. The highest BCUT2D eigenvalue weighted by molar-refractivity contribution is 6.02. The van der Waals surface area contributed by atoms with Crippen molar-refractivity contribution in [3.05, 3.63) is 71.2 Å². The normalized spacial score (nSPS) is 14.1. The zero-order valence-electron chi connectivity index (χ0n) is 20.4. The molecule has 0 saturated carbocycles. The van der Waals surface area contributed by atoms with Crippen LogP contribution in [0.25, 0.3) is 11.1 Å². The van der Waals surface area contributed by atoms with Crippen molar-refractivity contribution < 1.29 is 28.9 Å². The van der Waals surface area contributed by atoms with Gasteiger partial charge in [0, 0.05) is 44.9 Å². The van der Waals surface area contributed by atoms with Crippen molar-refractivity contribution in [2.75, 3.05) is 39.9 Å². The highest BCUT2D eigenvalue weighted by Crippen LogP contribution is 2.43. The predicted molar refractivity (Wildman–Crippen MR) is 132 cm³/mol. The molecule has 1 aliphatic heterocycles. The van der Waals surface area contributed by atoms with Crippen molar-refractivity contribution in [3.63, 3.8) is 0 Å². The molecular weight excluding hydrogens is 465 g/mol. The minimum absolute atomic E-state index is 0.0399.